The van der Waals surface area contributed by atoms with Crippen molar-refractivity contribution in [2.75, 3.05) is 13.2 Å². The Hall–Kier alpha value is -5.33. The lowest BCUT2D eigenvalue weighted by atomic mass is 10.0. The number of ether oxygens (including phenoxy) is 4. The van der Waals surface area contributed by atoms with Crippen LogP contribution in [0, 0.1) is 0 Å². The van der Waals surface area contributed by atoms with Crippen molar-refractivity contribution in [3.05, 3.63) is 126 Å². The molecule has 1 atom stereocenters. The van der Waals surface area contributed by atoms with Crippen LogP contribution in [0.3, 0.4) is 0 Å². The minimum absolute atomic E-state index is 0.0155. The number of esters is 2. The maximum Gasteiger partial charge on any atom is 0.343 e. The van der Waals surface area contributed by atoms with E-state index in [1.165, 1.54) is 18.2 Å². The molecular weight excluding hydrogens is 663 g/mol. The highest BCUT2D eigenvalue weighted by molar-refractivity contribution is 7.75. The van der Waals surface area contributed by atoms with Crippen LogP contribution in [-0.4, -0.2) is 25.2 Å². The predicted molar refractivity (Wildman–Crippen MR) is 199 cm³/mol. The average Bonchev–Trinajstić information content (AvgIpc) is 3.16. The van der Waals surface area contributed by atoms with Crippen LogP contribution in [0.4, 0.5) is 0 Å². The summed E-state index contributed by atoms with van der Waals surface area (Å²) in [5.41, 5.74) is 2.11. The van der Waals surface area contributed by atoms with E-state index in [0.717, 1.165) is 49.7 Å². The van der Waals surface area contributed by atoms with E-state index in [9.17, 15) is 9.59 Å². The van der Waals surface area contributed by atoms with Crippen LogP contribution in [0.1, 0.15) is 73.1 Å². The molecule has 6 rings (SSSR count). The number of benzene rings is 5. The summed E-state index contributed by atoms with van der Waals surface area (Å²) in [6, 6.07) is 32.4. The van der Waals surface area contributed by atoms with Crippen molar-refractivity contribution in [3.63, 3.8) is 0 Å². The lowest BCUT2D eigenvalue weighted by Gasteiger charge is -2.29. The highest BCUT2D eigenvalue weighted by atomic mass is 31.2. The van der Waals surface area contributed by atoms with Crippen LogP contribution in [0.2, 0.25) is 0 Å². The Balaban J connectivity index is 1.29. The second-order valence-corrected chi connectivity index (χ2v) is 14.5. The van der Waals surface area contributed by atoms with Gasteiger partial charge in [0.2, 0.25) is 0 Å². The number of fused-ring (bicyclic) bond motifs is 3. The van der Waals surface area contributed by atoms with Gasteiger partial charge in [-0.1, -0.05) is 75.9 Å². The average molecular weight is 705 g/mol. The molecule has 0 amide bonds. The smallest absolute Gasteiger partial charge is 0.343 e. The predicted octanol–water partition coefficient (Wildman–Crippen LogP) is 9.55. The molecule has 5 aromatic rings. The lowest BCUT2D eigenvalue weighted by molar-refractivity contribution is 0.0720. The van der Waals surface area contributed by atoms with Gasteiger partial charge in [-0.2, -0.15) is 0 Å². The van der Waals surface area contributed by atoms with Crippen molar-refractivity contribution in [1.82, 2.24) is 0 Å². The van der Waals surface area contributed by atoms with E-state index in [2.05, 4.69) is 13.8 Å². The maximum atomic E-state index is 15.2. The van der Waals surface area contributed by atoms with E-state index in [0.29, 0.717) is 41.3 Å². The van der Waals surface area contributed by atoms with E-state index in [1.54, 1.807) is 72.8 Å². The minimum atomic E-state index is -3.97. The summed E-state index contributed by atoms with van der Waals surface area (Å²) in [6.07, 6.45) is 6.27. The van der Waals surface area contributed by atoms with Crippen molar-refractivity contribution in [1.29, 1.82) is 0 Å². The van der Waals surface area contributed by atoms with Crippen molar-refractivity contribution in [2.24, 2.45) is 0 Å². The maximum absolute atomic E-state index is 15.2. The number of para-hydroxylation sites is 1. The van der Waals surface area contributed by atoms with E-state index in [1.807, 2.05) is 24.3 Å². The van der Waals surface area contributed by atoms with E-state index in [-0.39, 0.29) is 22.4 Å². The first-order chi connectivity index (χ1) is 24.9. The molecule has 1 aliphatic heterocycles. The highest BCUT2D eigenvalue weighted by Crippen LogP contribution is 2.55. The molecule has 0 spiro atoms. The van der Waals surface area contributed by atoms with Gasteiger partial charge in [-0.25, -0.2) is 9.59 Å². The third-order valence-corrected chi connectivity index (χ3v) is 11.0. The summed E-state index contributed by atoms with van der Waals surface area (Å²) in [5.74, 6) is 0.583. The molecule has 1 aliphatic rings. The van der Waals surface area contributed by atoms with Gasteiger partial charge in [0, 0.05) is 5.56 Å². The number of rotatable bonds is 15. The second kappa shape index (κ2) is 16.6. The Bertz CT molecular complexity index is 2020. The Kier molecular flexibility index (Phi) is 11.5. The zero-order valence-electron chi connectivity index (χ0n) is 28.8. The topological polar surface area (TPSA) is 97.4 Å². The standard InChI is InChI=1S/C42H41O8P/c1-3-5-11-27-46-32-21-17-30(18-22-32)41(43)48-34-25-26-38(49-42(44)31-19-23-33(24-20-31)47-28-12-6-4-2)40(29-34)51(45)39-16-10-8-14-36(39)35-13-7-9-15-37(35)50-51/h7-10,13-26,29H,3-6,11-12,27-28H2,1-2H3. The van der Waals surface area contributed by atoms with Crippen LogP contribution in [0.25, 0.3) is 11.1 Å². The fraction of sp³-hybridized carbons (Fsp3) is 0.238. The quantitative estimate of drug-likeness (QED) is 0.0460. The normalized spacial score (nSPS) is 14.4. The van der Waals surface area contributed by atoms with Gasteiger partial charge in [0.25, 0.3) is 0 Å². The molecule has 51 heavy (non-hydrogen) atoms. The molecule has 5 aromatic carbocycles. The number of hydrogen-bond acceptors (Lipinski definition) is 8. The van der Waals surface area contributed by atoms with Gasteiger partial charge >= 0.3 is 19.3 Å². The van der Waals surface area contributed by atoms with Crippen molar-refractivity contribution in [3.8, 4) is 39.9 Å². The molecule has 0 aliphatic carbocycles. The number of unbranched alkanes of at least 4 members (excludes halogenated alkanes) is 4. The fourth-order valence-electron chi connectivity index (χ4n) is 5.75. The minimum Gasteiger partial charge on any atom is -0.494 e. The third kappa shape index (κ3) is 8.35. The molecule has 0 saturated carbocycles. The molecular formula is C42H41O8P. The molecule has 0 fully saturated rings. The largest absolute Gasteiger partial charge is 0.494 e. The Morgan fingerprint density at radius 3 is 1.71 bits per heavy atom. The second-order valence-electron chi connectivity index (χ2n) is 12.2. The molecule has 0 aromatic heterocycles. The van der Waals surface area contributed by atoms with Gasteiger partial charge in [0.05, 0.1) is 34.9 Å². The number of carbonyl (C=O) groups excluding carboxylic acids is 2. The zero-order valence-corrected chi connectivity index (χ0v) is 29.7. The summed E-state index contributed by atoms with van der Waals surface area (Å²) >= 11 is 0. The van der Waals surface area contributed by atoms with Crippen molar-refractivity contribution in [2.45, 2.75) is 52.4 Å². The van der Waals surface area contributed by atoms with E-state index < -0.39 is 19.3 Å². The van der Waals surface area contributed by atoms with E-state index >= 15 is 4.57 Å². The van der Waals surface area contributed by atoms with Crippen LogP contribution >= 0.6 is 7.37 Å². The van der Waals surface area contributed by atoms with Crippen LogP contribution in [-0.2, 0) is 4.57 Å². The third-order valence-electron chi connectivity index (χ3n) is 8.50. The molecule has 0 bridgehead atoms. The highest BCUT2D eigenvalue weighted by Gasteiger charge is 2.41. The van der Waals surface area contributed by atoms with Crippen LogP contribution in [0.5, 0.6) is 28.7 Å². The summed E-state index contributed by atoms with van der Waals surface area (Å²) < 4.78 is 44.8. The monoisotopic (exact) mass is 704 g/mol. The van der Waals surface area contributed by atoms with Gasteiger partial charge in [0.1, 0.15) is 28.7 Å². The summed E-state index contributed by atoms with van der Waals surface area (Å²) in [5, 5.41) is 0.512. The molecule has 0 N–H and O–H groups in total. The fourth-order valence-corrected chi connectivity index (χ4v) is 8.15. The van der Waals surface area contributed by atoms with Crippen LogP contribution in [0.15, 0.2) is 115 Å². The molecule has 8 nitrogen and oxygen atoms in total. The molecule has 262 valence electrons. The molecule has 0 radical (unpaired) electrons. The molecule has 1 unspecified atom stereocenters. The van der Waals surface area contributed by atoms with Gasteiger partial charge in [-0.05, 0) is 97.3 Å². The lowest BCUT2D eigenvalue weighted by Crippen LogP contribution is -2.27. The Labute approximate surface area is 298 Å². The summed E-state index contributed by atoms with van der Waals surface area (Å²) in [4.78, 5) is 26.8. The first-order valence-electron chi connectivity index (χ1n) is 17.4. The first-order valence-corrected chi connectivity index (χ1v) is 19.1. The number of hydrogen-bond donors (Lipinski definition) is 0. The van der Waals surface area contributed by atoms with Crippen molar-refractivity contribution >= 4 is 29.9 Å². The van der Waals surface area contributed by atoms with Gasteiger partial charge in [0.15, 0.2) is 0 Å². The zero-order chi connectivity index (χ0) is 35.6. The molecule has 9 heteroatoms. The molecule has 1 heterocycles. The number of carbonyl (C=O) groups is 2. The SMILES string of the molecule is CCCCCOc1ccc(C(=O)Oc2ccc(OC(=O)c3ccc(OCCCCC)cc3)c(P3(=O)Oc4ccccc4-c4ccccc43)c2)cc1. The van der Waals surface area contributed by atoms with Crippen molar-refractivity contribution < 1.29 is 37.6 Å². The summed E-state index contributed by atoms with van der Waals surface area (Å²) in [6.45, 7) is 5.46. The summed E-state index contributed by atoms with van der Waals surface area (Å²) in [7, 11) is -3.97. The van der Waals surface area contributed by atoms with Gasteiger partial charge in [-0.15, -0.1) is 0 Å². The Morgan fingerprint density at radius 1 is 0.569 bits per heavy atom. The van der Waals surface area contributed by atoms with Crippen LogP contribution < -0.4 is 34.1 Å². The van der Waals surface area contributed by atoms with Gasteiger partial charge < -0.3 is 23.5 Å². The Morgan fingerprint density at radius 2 is 1.10 bits per heavy atom. The van der Waals surface area contributed by atoms with Gasteiger partial charge in [-0.3, -0.25) is 4.57 Å². The molecule has 0 saturated heterocycles. The van der Waals surface area contributed by atoms with E-state index in [4.69, 9.17) is 23.5 Å². The first kappa shape index (κ1) is 35.5.